The molecule has 2 aromatic carbocycles. The maximum Gasteiger partial charge on any atom is 0.337 e. The molecule has 0 heterocycles. The standard InChI is InChI=1S/C21H24N2O7S/c1-13-6-7-18(14(2)8-13)23(31(5,27)28)12-19(24)22-17-10-15(20(25)29-3)9-16(11-17)21(26)30-4/h6-11H,12H2,1-5H3,(H,22,24). The monoisotopic (exact) mass is 448 g/mol. The number of esters is 2. The van der Waals surface area contributed by atoms with Crippen LogP contribution in [0.25, 0.3) is 0 Å². The Morgan fingerprint density at radius 3 is 1.94 bits per heavy atom. The number of hydrogen-bond donors (Lipinski definition) is 1. The number of nitrogens with zero attached hydrogens (tertiary/aromatic N) is 1. The predicted octanol–water partition coefficient (Wildman–Crippen LogP) is 2.28. The largest absolute Gasteiger partial charge is 0.465 e. The lowest BCUT2D eigenvalue weighted by atomic mass is 10.1. The topological polar surface area (TPSA) is 119 Å². The van der Waals surface area contributed by atoms with Gasteiger partial charge in [-0.25, -0.2) is 18.0 Å². The van der Waals surface area contributed by atoms with E-state index in [9.17, 15) is 22.8 Å². The van der Waals surface area contributed by atoms with E-state index in [2.05, 4.69) is 14.8 Å². The molecule has 0 aliphatic rings. The molecule has 166 valence electrons. The summed E-state index contributed by atoms with van der Waals surface area (Å²) in [7, 11) is -1.41. The van der Waals surface area contributed by atoms with E-state index in [4.69, 9.17) is 0 Å². The van der Waals surface area contributed by atoms with Crippen molar-refractivity contribution in [1.82, 2.24) is 0 Å². The molecule has 0 fully saturated rings. The molecule has 0 spiro atoms. The fourth-order valence-corrected chi connectivity index (χ4v) is 3.88. The van der Waals surface area contributed by atoms with Crippen LogP contribution < -0.4 is 9.62 Å². The van der Waals surface area contributed by atoms with Crippen LogP contribution in [0.4, 0.5) is 11.4 Å². The SMILES string of the molecule is COC(=O)c1cc(NC(=O)CN(c2ccc(C)cc2C)S(C)(=O)=O)cc(C(=O)OC)c1. The fraction of sp³-hybridized carbons (Fsp3) is 0.286. The second-order valence-corrected chi connectivity index (χ2v) is 8.80. The van der Waals surface area contributed by atoms with Crippen LogP contribution in [0.1, 0.15) is 31.8 Å². The summed E-state index contributed by atoms with van der Waals surface area (Å²) in [5.74, 6) is -2.09. The Kier molecular flexibility index (Phi) is 7.40. The first-order valence-electron chi connectivity index (χ1n) is 9.12. The maximum absolute atomic E-state index is 12.7. The molecular formula is C21H24N2O7S. The van der Waals surface area contributed by atoms with Gasteiger partial charge >= 0.3 is 11.9 Å². The zero-order chi connectivity index (χ0) is 23.3. The van der Waals surface area contributed by atoms with E-state index < -0.39 is 34.4 Å². The van der Waals surface area contributed by atoms with E-state index in [0.29, 0.717) is 11.3 Å². The van der Waals surface area contributed by atoms with Gasteiger partial charge in [0.1, 0.15) is 6.54 Å². The summed E-state index contributed by atoms with van der Waals surface area (Å²) in [4.78, 5) is 36.5. The third kappa shape index (κ3) is 6.05. The van der Waals surface area contributed by atoms with E-state index in [1.54, 1.807) is 19.1 Å². The number of benzene rings is 2. The Morgan fingerprint density at radius 2 is 1.48 bits per heavy atom. The smallest absolute Gasteiger partial charge is 0.337 e. The second kappa shape index (κ2) is 9.61. The first kappa shape index (κ1) is 23.9. The first-order chi connectivity index (χ1) is 14.5. The molecule has 0 saturated carbocycles. The van der Waals surface area contributed by atoms with Gasteiger partial charge in [-0.2, -0.15) is 0 Å². The number of carbonyl (C=O) groups is 3. The molecule has 9 nitrogen and oxygen atoms in total. The van der Waals surface area contributed by atoms with Crippen LogP contribution >= 0.6 is 0 Å². The molecule has 2 aromatic rings. The van der Waals surface area contributed by atoms with E-state index >= 15 is 0 Å². The summed E-state index contributed by atoms with van der Waals surface area (Å²) >= 11 is 0. The number of amides is 1. The molecule has 1 amide bonds. The molecule has 0 saturated heterocycles. The number of methoxy groups -OCH3 is 2. The van der Waals surface area contributed by atoms with E-state index in [-0.39, 0.29) is 16.8 Å². The van der Waals surface area contributed by atoms with Gasteiger partial charge in [0.15, 0.2) is 0 Å². The maximum atomic E-state index is 12.7. The van der Waals surface area contributed by atoms with Gasteiger partial charge in [0.05, 0.1) is 37.3 Å². The number of carbonyl (C=O) groups excluding carboxylic acids is 3. The number of ether oxygens (including phenoxy) is 2. The molecule has 0 radical (unpaired) electrons. The average Bonchev–Trinajstić information content (AvgIpc) is 2.70. The normalized spacial score (nSPS) is 10.9. The Bertz CT molecular complexity index is 1090. The molecule has 0 aromatic heterocycles. The second-order valence-electron chi connectivity index (χ2n) is 6.89. The number of nitrogens with one attached hydrogen (secondary N) is 1. The Labute approximate surface area is 181 Å². The lowest BCUT2D eigenvalue weighted by Gasteiger charge is -2.24. The van der Waals surface area contributed by atoms with Gasteiger partial charge < -0.3 is 14.8 Å². The number of rotatable bonds is 7. The van der Waals surface area contributed by atoms with E-state index in [1.165, 1.54) is 32.4 Å². The molecule has 0 bridgehead atoms. The Morgan fingerprint density at radius 1 is 0.935 bits per heavy atom. The van der Waals surface area contributed by atoms with Crippen LogP contribution in [0.5, 0.6) is 0 Å². The van der Waals surface area contributed by atoms with Crippen molar-refractivity contribution in [3.8, 4) is 0 Å². The van der Waals surface area contributed by atoms with Crippen molar-refractivity contribution in [3.63, 3.8) is 0 Å². The molecule has 2 rings (SSSR count). The number of hydrogen-bond acceptors (Lipinski definition) is 7. The minimum absolute atomic E-state index is 0.0232. The highest BCUT2D eigenvalue weighted by Gasteiger charge is 2.23. The highest BCUT2D eigenvalue weighted by atomic mass is 32.2. The number of sulfonamides is 1. The van der Waals surface area contributed by atoms with Crippen LogP contribution in [-0.2, 0) is 24.3 Å². The van der Waals surface area contributed by atoms with Crippen LogP contribution in [0.15, 0.2) is 36.4 Å². The number of aryl methyl sites for hydroxylation is 2. The zero-order valence-electron chi connectivity index (χ0n) is 17.9. The average molecular weight is 448 g/mol. The van der Waals surface area contributed by atoms with Gasteiger partial charge in [-0.05, 0) is 43.7 Å². The van der Waals surface area contributed by atoms with Gasteiger partial charge in [0, 0.05) is 5.69 Å². The van der Waals surface area contributed by atoms with Crippen molar-refractivity contribution in [2.24, 2.45) is 0 Å². The zero-order valence-corrected chi connectivity index (χ0v) is 18.7. The summed E-state index contributed by atoms with van der Waals surface area (Å²) in [6, 6.07) is 9.10. The van der Waals surface area contributed by atoms with Crippen LogP contribution in [0.3, 0.4) is 0 Å². The Hall–Kier alpha value is -3.40. The van der Waals surface area contributed by atoms with Crippen molar-refractivity contribution in [2.75, 3.05) is 36.6 Å². The molecule has 10 heteroatoms. The third-order valence-electron chi connectivity index (χ3n) is 4.37. The molecule has 0 unspecified atom stereocenters. The minimum Gasteiger partial charge on any atom is -0.465 e. The Balaban J connectivity index is 2.36. The fourth-order valence-electron chi connectivity index (χ4n) is 2.97. The van der Waals surface area contributed by atoms with Crippen molar-refractivity contribution in [3.05, 3.63) is 58.7 Å². The summed E-state index contributed by atoms with van der Waals surface area (Å²) in [5, 5.41) is 2.52. The summed E-state index contributed by atoms with van der Waals surface area (Å²) < 4.78 is 35.0. The highest BCUT2D eigenvalue weighted by molar-refractivity contribution is 7.92. The van der Waals surface area contributed by atoms with Crippen molar-refractivity contribution in [1.29, 1.82) is 0 Å². The van der Waals surface area contributed by atoms with E-state index in [0.717, 1.165) is 16.1 Å². The molecule has 1 N–H and O–H groups in total. The quantitative estimate of drug-likeness (QED) is 0.646. The molecular weight excluding hydrogens is 424 g/mol. The van der Waals surface area contributed by atoms with Gasteiger partial charge in [0.2, 0.25) is 15.9 Å². The predicted molar refractivity (Wildman–Crippen MR) is 116 cm³/mol. The van der Waals surface area contributed by atoms with Crippen LogP contribution in [0.2, 0.25) is 0 Å². The van der Waals surface area contributed by atoms with Crippen molar-refractivity contribution < 1.29 is 32.3 Å². The highest BCUT2D eigenvalue weighted by Crippen LogP contribution is 2.24. The summed E-state index contributed by atoms with van der Waals surface area (Å²) in [5.41, 5.74) is 2.18. The van der Waals surface area contributed by atoms with Crippen LogP contribution in [0, 0.1) is 13.8 Å². The lowest BCUT2D eigenvalue weighted by Crippen LogP contribution is -2.38. The van der Waals surface area contributed by atoms with Crippen molar-refractivity contribution >= 4 is 39.2 Å². The van der Waals surface area contributed by atoms with Gasteiger partial charge in [-0.3, -0.25) is 9.10 Å². The van der Waals surface area contributed by atoms with E-state index in [1.807, 2.05) is 13.0 Å². The minimum atomic E-state index is -3.77. The molecule has 0 atom stereocenters. The first-order valence-corrected chi connectivity index (χ1v) is 11.0. The number of anilines is 2. The summed E-state index contributed by atoms with van der Waals surface area (Å²) in [6.07, 6.45) is 1.01. The van der Waals surface area contributed by atoms with Gasteiger partial charge in [0.25, 0.3) is 0 Å². The molecule has 0 aliphatic carbocycles. The molecule has 31 heavy (non-hydrogen) atoms. The van der Waals surface area contributed by atoms with Gasteiger partial charge in [-0.15, -0.1) is 0 Å². The van der Waals surface area contributed by atoms with Gasteiger partial charge in [-0.1, -0.05) is 17.7 Å². The third-order valence-corrected chi connectivity index (χ3v) is 5.49. The lowest BCUT2D eigenvalue weighted by molar-refractivity contribution is -0.114. The van der Waals surface area contributed by atoms with Crippen LogP contribution in [-0.4, -0.2) is 53.3 Å². The van der Waals surface area contributed by atoms with Crippen molar-refractivity contribution in [2.45, 2.75) is 13.8 Å². The molecule has 0 aliphatic heterocycles. The summed E-state index contributed by atoms with van der Waals surface area (Å²) in [6.45, 7) is 3.13.